The molecule has 0 saturated carbocycles. The van der Waals surface area contributed by atoms with Crippen LogP contribution < -0.4 is 5.32 Å². The van der Waals surface area contributed by atoms with E-state index >= 15 is 0 Å². The minimum absolute atomic E-state index is 0.0852. The molecule has 0 radical (unpaired) electrons. The van der Waals surface area contributed by atoms with Crippen LogP contribution in [-0.2, 0) is 9.53 Å². The molecule has 3 heterocycles. The Labute approximate surface area is 145 Å². The second-order valence-electron chi connectivity index (χ2n) is 6.48. The van der Waals surface area contributed by atoms with Gasteiger partial charge < -0.3 is 14.5 Å². The Morgan fingerprint density at radius 1 is 1.40 bits per heavy atom. The van der Waals surface area contributed by atoms with E-state index in [1.807, 2.05) is 27.7 Å². The second-order valence-corrected chi connectivity index (χ2v) is 6.48. The number of nitrogens with one attached hydrogen (secondary N) is 1. The number of amides is 1. The fourth-order valence-corrected chi connectivity index (χ4v) is 2.76. The first kappa shape index (κ1) is 17.3. The van der Waals surface area contributed by atoms with Gasteiger partial charge >= 0.3 is 0 Å². The number of hydrogen-bond donors (Lipinski definition) is 1. The smallest absolute Gasteiger partial charge is 0.231 e. The molecule has 0 aliphatic heterocycles. The van der Waals surface area contributed by atoms with Crippen molar-refractivity contribution in [1.82, 2.24) is 24.9 Å². The normalized spacial score (nSPS) is 13.0. The maximum atomic E-state index is 12.1. The molecule has 0 aromatic carbocycles. The third-order valence-electron chi connectivity index (χ3n) is 4.32. The molecule has 1 amide bonds. The fourth-order valence-electron chi connectivity index (χ4n) is 2.76. The average molecular weight is 345 g/mol. The number of carbonyl (C=O) groups excluding carboxylic acids is 1. The summed E-state index contributed by atoms with van der Waals surface area (Å²) in [7, 11) is 1.57. The van der Waals surface area contributed by atoms with Crippen molar-refractivity contribution >= 4 is 22.7 Å². The summed E-state index contributed by atoms with van der Waals surface area (Å²) in [6.07, 6.45) is 1.89. The Morgan fingerprint density at radius 2 is 2.16 bits per heavy atom. The number of aromatic nitrogens is 4. The van der Waals surface area contributed by atoms with Crippen LogP contribution in [0.1, 0.15) is 43.5 Å². The monoisotopic (exact) mass is 345 g/mol. The first-order valence-corrected chi connectivity index (χ1v) is 8.31. The molecule has 3 aromatic rings. The van der Waals surface area contributed by atoms with Gasteiger partial charge in [-0.25, -0.2) is 14.5 Å². The quantitative estimate of drug-likeness (QED) is 0.737. The van der Waals surface area contributed by atoms with Gasteiger partial charge in [0.25, 0.3) is 0 Å². The van der Waals surface area contributed by atoms with E-state index in [0.29, 0.717) is 30.2 Å². The summed E-state index contributed by atoms with van der Waals surface area (Å²) in [6.45, 7) is 8.30. The molecular formula is C17H23N5O3. The Kier molecular flexibility index (Phi) is 4.71. The Morgan fingerprint density at radius 3 is 2.84 bits per heavy atom. The maximum Gasteiger partial charge on any atom is 0.231 e. The van der Waals surface area contributed by atoms with Crippen molar-refractivity contribution in [1.29, 1.82) is 0 Å². The van der Waals surface area contributed by atoms with Gasteiger partial charge in [-0.05, 0) is 19.8 Å². The molecule has 0 fully saturated rings. The molecule has 25 heavy (non-hydrogen) atoms. The predicted molar refractivity (Wildman–Crippen MR) is 92.2 cm³/mol. The van der Waals surface area contributed by atoms with E-state index in [2.05, 4.69) is 20.4 Å². The summed E-state index contributed by atoms with van der Waals surface area (Å²) >= 11 is 0. The number of ether oxygens (including phenoxy) is 1. The number of aryl methyl sites for hydroxylation is 2. The van der Waals surface area contributed by atoms with Crippen LogP contribution in [-0.4, -0.2) is 39.2 Å². The standard InChI is InChI=1S/C17H23N5O3/c1-9(2)14(19-12(23)6-7-24-5)15-20-16-13-10(3)11(4)25-17(13)18-8-22(16)21-15/h8-9,14H,6-7H2,1-5H3,(H,19,23)/t14-/m1/s1. The Bertz CT molecular complexity index is 912. The van der Waals surface area contributed by atoms with Gasteiger partial charge in [0.15, 0.2) is 11.5 Å². The minimum atomic E-state index is -0.285. The van der Waals surface area contributed by atoms with E-state index in [1.54, 1.807) is 18.0 Å². The van der Waals surface area contributed by atoms with Gasteiger partial charge in [-0.15, -0.1) is 5.10 Å². The molecule has 3 rings (SSSR count). The van der Waals surface area contributed by atoms with Crippen molar-refractivity contribution in [2.45, 2.75) is 40.2 Å². The number of methoxy groups -OCH3 is 1. The van der Waals surface area contributed by atoms with Gasteiger partial charge in [0, 0.05) is 19.1 Å². The molecule has 0 spiro atoms. The minimum Gasteiger partial charge on any atom is -0.443 e. The van der Waals surface area contributed by atoms with Gasteiger partial charge in [0.1, 0.15) is 12.1 Å². The lowest BCUT2D eigenvalue weighted by atomic mass is 10.0. The van der Waals surface area contributed by atoms with Gasteiger partial charge in [0.2, 0.25) is 11.6 Å². The predicted octanol–water partition coefficient (Wildman–Crippen LogP) is 2.34. The zero-order chi connectivity index (χ0) is 18.1. The summed E-state index contributed by atoms with van der Waals surface area (Å²) in [5.41, 5.74) is 2.23. The number of fused-ring (bicyclic) bond motifs is 3. The van der Waals surface area contributed by atoms with Crippen LogP contribution in [0.3, 0.4) is 0 Å². The van der Waals surface area contributed by atoms with E-state index in [0.717, 1.165) is 16.7 Å². The van der Waals surface area contributed by atoms with Crippen molar-refractivity contribution in [2.24, 2.45) is 5.92 Å². The summed E-state index contributed by atoms with van der Waals surface area (Å²) in [6, 6.07) is -0.285. The lowest BCUT2D eigenvalue weighted by Gasteiger charge is -2.19. The molecule has 0 bridgehead atoms. The zero-order valence-electron chi connectivity index (χ0n) is 15.2. The van der Waals surface area contributed by atoms with Crippen molar-refractivity contribution in [3.05, 3.63) is 23.5 Å². The lowest BCUT2D eigenvalue weighted by Crippen LogP contribution is -2.33. The summed E-state index contributed by atoms with van der Waals surface area (Å²) < 4.78 is 12.2. The van der Waals surface area contributed by atoms with Crippen LogP contribution in [0.4, 0.5) is 0 Å². The van der Waals surface area contributed by atoms with Crippen LogP contribution in [0.15, 0.2) is 10.7 Å². The molecular weight excluding hydrogens is 322 g/mol. The maximum absolute atomic E-state index is 12.1. The van der Waals surface area contributed by atoms with Gasteiger partial charge in [0.05, 0.1) is 18.0 Å². The third kappa shape index (κ3) is 3.21. The SMILES string of the molecule is COCCC(=O)N[C@@H](c1nc2c3c(C)c(C)oc3ncn2n1)C(C)C. The largest absolute Gasteiger partial charge is 0.443 e. The number of rotatable bonds is 6. The van der Waals surface area contributed by atoms with Gasteiger partial charge in [-0.3, -0.25) is 4.79 Å². The molecule has 8 nitrogen and oxygen atoms in total. The zero-order valence-corrected chi connectivity index (χ0v) is 15.2. The van der Waals surface area contributed by atoms with Crippen LogP contribution in [0.2, 0.25) is 0 Å². The molecule has 0 saturated heterocycles. The fraction of sp³-hybridized carbons (Fsp3) is 0.529. The molecule has 0 unspecified atom stereocenters. The average Bonchev–Trinajstić information content (AvgIpc) is 3.11. The Balaban J connectivity index is 2.01. The van der Waals surface area contributed by atoms with E-state index in [1.165, 1.54) is 0 Å². The van der Waals surface area contributed by atoms with E-state index < -0.39 is 0 Å². The second kappa shape index (κ2) is 6.79. The highest BCUT2D eigenvalue weighted by Gasteiger charge is 2.24. The highest BCUT2D eigenvalue weighted by atomic mass is 16.5. The number of hydrogen-bond acceptors (Lipinski definition) is 6. The van der Waals surface area contributed by atoms with E-state index in [9.17, 15) is 4.79 Å². The molecule has 1 atom stereocenters. The van der Waals surface area contributed by atoms with Crippen LogP contribution in [0, 0.1) is 19.8 Å². The van der Waals surface area contributed by atoms with E-state index in [4.69, 9.17) is 9.15 Å². The lowest BCUT2D eigenvalue weighted by molar-refractivity contribution is -0.123. The molecule has 0 aliphatic rings. The van der Waals surface area contributed by atoms with Crippen molar-refractivity contribution in [3.8, 4) is 0 Å². The van der Waals surface area contributed by atoms with Crippen molar-refractivity contribution in [2.75, 3.05) is 13.7 Å². The molecule has 3 aromatic heterocycles. The van der Waals surface area contributed by atoms with Gasteiger partial charge in [-0.2, -0.15) is 0 Å². The number of furan rings is 1. The Hall–Kier alpha value is -2.48. The molecule has 0 aliphatic carbocycles. The van der Waals surface area contributed by atoms with E-state index in [-0.39, 0.29) is 17.9 Å². The third-order valence-corrected chi connectivity index (χ3v) is 4.32. The summed E-state index contributed by atoms with van der Waals surface area (Å²) in [4.78, 5) is 21.1. The molecule has 1 N–H and O–H groups in total. The first-order chi connectivity index (χ1) is 11.9. The van der Waals surface area contributed by atoms with Crippen molar-refractivity contribution < 1.29 is 13.9 Å². The number of carbonyl (C=O) groups is 1. The van der Waals surface area contributed by atoms with Crippen LogP contribution >= 0.6 is 0 Å². The van der Waals surface area contributed by atoms with Gasteiger partial charge in [-0.1, -0.05) is 13.8 Å². The molecule has 134 valence electrons. The summed E-state index contributed by atoms with van der Waals surface area (Å²) in [5, 5.41) is 8.37. The highest BCUT2D eigenvalue weighted by Crippen LogP contribution is 2.27. The topological polar surface area (TPSA) is 94.5 Å². The molecule has 8 heteroatoms. The van der Waals surface area contributed by atoms with Crippen LogP contribution in [0.25, 0.3) is 16.7 Å². The highest BCUT2D eigenvalue weighted by molar-refractivity contribution is 5.91. The first-order valence-electron chi connectivity index (χ1n) is 8.31. The van der Waals surface area contributed by atoms with Crippen molar-refractivity contribution in [3.63, 3.8) is 0 Å². The number of nitrogens with zero attached hydrogens (tertiary/aromatic N) is 4. The summed E-state index contributed by atoms with van der Waals surface area (Å²) in [5.74, 6) is 1.43. The van der Waals surface area contributed by atoms with Crippen LogP contribution in [0.5, 0.6) is 0 Å².